The van der Waals surface area contributed by atoms with Gasteiger partial charge in [0, 0.05) is 17.0 Å². The number of aromatic amines is 1. The van der Waals surface area contributed by atoms with E-state index in [1.165, 1.54) is 43.4 Å². The highest BCUT2D eigenvalue weighted by Gasteiger charge is 2.34. The van der Waals surface area contributed by atoms with Gasteiger partial charge in [0.25, 0.3) is 0 Å². The molecule has 2 aromatic heterocycles. The molecule has 2 aromatic rings. The first-order chi connectivity index (χ1) is 10.3. The van der Waals surface area contributed by atoms with E-state index in [1.807, 2.05) is 11.3 Å². The van der Waals surface area contributed by atoms with E-state index in [0.29, 0.717) is 12.1 Å². The summed E-state index contributed by atoms with van der Waals surface area (Å²) >= 11 is 7.33. The molecule has 0 aromatic carbocycles. The number of thiophene rings is 1. The maximum atomic E-state index is 5.50. The van der Waals surface area contributed by atoms with Gasteiger partial charge in [-0.05, 0) is 49.3 Å². The second-order valence-electron chi connectivity index (χ2n) is 6.08. The van der Waals surface area contributed by atoms with Crippen LogP contribution >= 0.6 is 23.6 Å². The van der Waals surface area contributed by atoms with Crippen LogP contribution in [0.25, 0.3) is 0 Å². The van der Waals surface area contributed by atoms with Crippen molar-refractivity contribution in [2.24, 2.45) is 0 Å². The predicted molar refractivity (Wildman–Crippen MR) is 88.4 cm³/mol. The number of hydrogen-bond donors (Lipinski definition) is 1. The fourth-order valence-corrected chi connectivity index (χ4v) is 4.29. The van der Waals surface area contributed by atoms with Gasteiger partial charge in [-0.2, -0.15) is 0 Å². The van der Waals surface area contributed by atoms with Crippen molar-refractivity contribution in [3.8, 4) is 0 Å². The van der Waals surface area contributed by atoms with E-state index in [2.05, 4.69) is 37.2 Å². The minimum atomic E-state index is 0.538. The monoisotopic (exact) mass is 320 g/mol. The number of H-pyrrole nitrogens is 1. The molecule has 2 saturated carbocycles. The minimum absolute atomic E-state index is 0.538. The summed E-state index contributed by atoms with van der Waals surface area (Å²) in [5.41, 5.74) is 0. The Bertz CT molecular complexity index is 648. The van der Waals surface area contributed by atoms with Crippen LogP contribution in [-0.4, -0.2) is 20.8 Å². The predicted octanol–water partition coefficient (Wildman–Crippen LogP) is 4.29. The second-order valence-corrected chi connectivity index (χ2v) is 7.49. The molecule has 4 nitrogen and oxygen atoms in total. The van der Waals surface area contributed by atoms with Gasteiger partial charge in [-0.3, -0.25) is 4.57 Å². The molecule has 2 heterocycles. The Morgan fingerprint density at radius 1 is 1.33 bits per heavy atom. The SMILES string of the molecule is S=c1[nH]nc(N(Cc2cccs2)C2CC2)n1C1CCCC1. The van der Waals surface area contributed by atoms with Gasteiger partial charge in [-0.1, -0.05) is 18.9 Å². The van der Waals surface area contributed by atoms with Crippen molar-refractivity contribution < 1.29 is 0 Å². The van der Waals surface area contributed by atoms with Crippen LogP contribution in [0, 0.1) is 4.77 Å². The first-order valence-electron chi connectivity index (χ1n) is 7.79. The molecule has 4 rings (SSSR count). The smallest absolute Gasteiger partial charge is 0.226 e. The third kappa shape index (κ3) is 2.66. The Morgan fingerprint density at radius 3 is 2.81 bits per heavy atom. The highest BCUT2D eigenvalue weighted by Crippen LogP contribution is 2.37. The molecule has 0 radical (unpaired) electrons. The van der Waals surface area contributed by atoms with Crippen LogP contribution in [0.15, 0.2) is 17.5 Å². The van der Waals surface area contributed by atoms with E-state index < -0.39 is 0 Å². The fraction of sp³-hybridized carbons (Fsp3) is 0.600. The summed E-state index contributed by atoms with van der Waals surface area (Å²) in [6, 6.07) is 5.51. The first kappa shape index (κ1) is 13.5. The summed E-state index contributed by atoms with van der Waals surface area (Å²) in [4.78, 5) is 3.85. The highest BCUT2D eigenvalue weighted by atomic mass is 32.1. The number of nitrogens with one attached hydrogen (secondary N) is 1. The molecule has 0 saturated heterocycles. The topological polar surface area (TPSA) is 36.9 Å². The summed E-state index contributed by atoms with van der Waals surface area (Å²) in [7, 11) is 0. The van der Waals surface area contributed by atoms with Crippen LogP contribution in [0.4, 0.5) is 5.95 Å². The van der Waals surface area contributed by atoms with E-state index in [4.69, 9.17) is 12.2 Å². The van der Waals surface area contributed by atoms with Crippen molar-refractivity contribution >= 4 is 29.5 Å². The zero-order valence-electron chi connectivity index (χ0n) is 12.0. The lowest BCUT2D eigenvalue weighted by molar-refractivity contribution is 0.504. The van der Waals surface area contributed by atoms with Crippen molar-refractivity contribution in [2.45, 2.75) is 57.2 Å². The van der Waals surface area contributed by atoms with Crippen LogP contribution in [0.3, 0.4) is 0 Å². The summed E-state index contributed by atoms with van der Waals surface area (Å²) in [5.74, 6) is 1.06. The Labute approximate surface area is 133 Å². The molecule has 112 valence electrons. The third-order valence-corrected chi connectivity index (χ3v) is 5.68. The number of nitrogens with zero attached hydrogens (tertiary/aromatic N) is 3. The van der Waals surface area contributed by atoms with E-state index >= 15 is 0 Å². The van der Waals surface area contributed by atoms with Crippen LogP contribution < -0.4 is 4.90 Å². The average Bonchev–Trinajstić information content (AvgIpc) is 2.91. The molecule has 2 aliphatic carbocycles. The number of aromatic nitrogens is 3. The van der Waals surface area contributed by atoms with Gasteiger partial charge in [0.1, 0.15) is 0 Å². The molecule has 0 amide bonds. The molecule has 0 unspecified atom stereocenters. The lowest BCUT2D eigenvalue weighted by atomic mass is 10.2. The van der Waals surface area contributed by atoms with Crippen molar-refractivity contribution in [2.75, 3.05) is 4.90 Å². The van der Waals surface area contributed by atoms with E-state index in [0.717, 1.165) is 17.3 Å². The number of anilines is 1. The Hall–Kier alpha value is -1.14. The molecule has 6 heteroatoms. The lowest BCUT2D eigenvalue weighted by Crippen LogP contribution is -2.28. The Morgan fingerprint density at radius 2 is 2.14 bits per heavy atom. The summed E-state index contributed by atoms with van der Waals surface area (Å²) in [6.45, 7) is 0.953. The fourth-order valence-electron chi connectivity index (χ4n) is 3.31. The van der Waals surface area contributed by atoms with Gasteiger partial charge in [-0.15, -0.1) is 16.4 Å². The molecule has 1 N–H and O–H groups in total. The zero-order valence-corrected chi connectivity index (χ0v) is 13.6. The van der Waals surface area contributed by atoms with E-state index in [-0.39, 0.29) is 0 Å². The Balaban J connectivity index is 1.67. The molecular weight excluding hydrogens is 300 g/mol. The lowest BCUT2D eigenvalue weighted by Gasteiger charge is -2.25. The van der Waals surface area contributed by atoms with Crippen molar-refractivity contribution in [1.29, 1.82) is 0 Å². The van der Waals surface area contributed by atoms with Gasteiger partial charge in [0.15, 0.2) is 4.77 Å². The van der Waals surface area contributed by atoms with Gasteiger partial charge >= 0.3 is 0 Å². The molecule has 0 atom stereocenters. The van der Waals surface area contributed by atoms with Crippen LogP contribution in [0.1, 0.15) is 49.4 Å². The molecular formula is C15H20N4S2. The molecule has 21 heavy (non-hydrogen) atoms. The van der Waals surface area contributed by atoms with Gasteiger partial charge in [-0.25, -0.2) is 5.10 Å². The maximum absolute atomic E-state index is 5.50. The standard InChI is InChI=1S/C15H20N4S2/c20-15-17-16-14(19(15)12-4-1-2-5-12)18(11-7-8-11)10-13-6-3-9-21-13/h3,6,9,11-12H,1-2,4-5,7-8,10H2,(H,17,20). The molecule has 0 spiro atoms. The normalized spacial score (nSPS) is 19.2. The van der Waals surface area contributed by atoms with Crippen molar-refractivity contribution in [3.63, 3.8) is 0 Å². The molecule has 2 aliphatic rings. The summed E-state index contributed by atoms with van der Waals surface area (Å²) in [5, 5.41) is 9.76. The number of rotatable bonds is 5. The van der Waals surface area contributed by atoms with Gasteiger partial charge in [0.2, 0.25) is 5.95 Å². The first-order valence-corrected chi connectivity index (χ1v) is 9.07. The van der Waals surface area contributed by atoms with Crippen molar-refractivity contribution in [1.82, 2.24) is 14.8 Å². The van der Waals surface area contributed by atoms with Crippen LogP contribution in [0.2, 0.25) is 0 Å². The van der Waals surface area contributed by atoms with Crippen LogP contribution in [-0.2, 0) is 6.54 Å². The van der Waals surface area contributed by atoms with E-state index in [1.54, 1.807) is 0 Å². The molecule has 2 fully saturated rings. The number of hydrogen-bond acceptors (Lipinski definition) is 4. The largest absolute Gasteiger partial charge is 0.333 e. The minimum Gasteiger partial charge on any atom is -0.333 e. The summed E-state index contributed by atoms with van der Waals surface area (Å²) in [6.07, 6.45) is 7.64. The average molecular weight is 320 g/mol. The third-order valence-electron chi connectivity index (χ3n) is 4.53. The van der Waals surface area contributed by atoms with E-state index in [9.17, 15) is 0 Å². The highest BCUT2D eigenvalue weighted by molar-refractivity contribution is 7.71. The van der Waals surface area contributed by atoms with Gasteiger partial charge < -0.3 is 4.90 Å². The second kappa shape index (κ2) is 5.57. The maximum Gasteiger partial charge on any atom is 0.226 e. The zero-order chi connectivity index (χ0) is 14.2. The van der Waals surface area contributed by atoms with Crippen molar-refractivity contribution in [3.05, 3.63) is 27.2 Å². The Kier molecular flexibility index (Phi) is 3.59. The van der Waals surface area contributed by atoms with Crippen LogP contribution in [0.5, 0.6) is 0 Å². The molecule has 0 bridgehead atoms. The quantitative estimate of drug-likeness (QED) is 0.835. The summed E-state index contributed by atoms with van der Waals surface area (Å²) < 4.78 is 3.07. The molecule has 0 aliphatic heterocycles. The van der Waals surface area contributed by atoms with Gasteiger partial charge in [0.05, 0.1) is 6.54 Å².